The molecule has 3 aliphatic rings. The molecule has 3 aliphatic heterocycles. The first-order valence-electron chi connectivity index (χ1n) is 11.3. The molecule has 6 rings (SSSR count). The zero-order valence-electron chi connectivity index (χ0n) is 18.1. The number of hydrogen-bond donors (Lipinski definition) is 1. The van der Waals surface area contributed by atoms with Gasteiger partial charge in [-0.15, -0.1) is 4.40 Å². The van der Waals surface area contributed by atoms with Gasteiger partial charge in [0.1, 0.15) is 10.9 Å². The van der Waals surface area contributed by atoms with Gasteiger partial charge in [-0.3, -0.25) is 4.79 Å². The van der Waals surface area contributed by atoms with E-state index in [0.29, 0.717) is 37.5 Å². The third-order valence-corrected chi connectivity index (χ3v) is 8.20. The molecule has 7 nitrogen and oxygen atoms in total. The fraction of sp³-hybridized carbons (Fsp3) is 0.280. The number of nitrogens with zero attached hydrogens (tertiary/aromatic N) is 3. The Morgan fingerprint density at radius 2 is 1.85 bits per heavy atom. The van der Waals surface area contributed by atoms with Crippen molar-refractivity contribution in [3.05, 3.63) is 71.9 Å². The minimum atomic E-state index is -3.71. The summed E-state index contributed by atoms with van der Waals surface area (Å²) in [4.78, 5) is 20.8. The SMILES string of the molecule is O=C([C@H]1CCCN1C1=NS(=O)(=O)c2ccccc21)N1CC=C(c2c[nH]c3ccccc23)CC1. The summed E-state index contributed by atoms with van der Waals surface area (Å²) in [5, 5.41) is 1.20. The number of hydrogen-bond acceptors (Lipinski definition) is 4. The Labute approximate surface area is 192 Å². The van der Waals surface area contributed by atoms with Crippen molar-refractivity contribution in [3.8, 4) is 0 Å². The summed E-state index contributed by atoms with van der Waals surface area (Å²) in [6.45, 7) is 1.83. The normalized spacial score (nSPS) is 21.8. The van der Waals surface area contributed by atoms with Crippen molar-refractivity contribution in [2.24, 2.45) is 4.40 Å². The summed E-state index contributed by atoms with van der Waals surface area (Å²) in [7, 11) is -3.71. The van der Waals surface area contributed by atoms with Gasteiger partial charge in [0.25, 0.3) is 10.0 Å². The molecule has 1 saturated heterocycles. The van der Waals surface area contributed by atoms with Crippen molar-refractivity contribution < 1.29 is 13.2 Å². The standard InChI is InChI=1S/C25H24N4O3S/c30-25(28-14-11-17(12-15-28)20-16-26-21-8-3-1-6-18(20)21)22-9-5-13-29(22)24-19-7-2-4-10-23(19)33(31,32)27-24/h1-4,6-8,10-11,16,22,26H,5,9,12-15H2/t22-/m1/s1. The van der Waals surface area contributed by atoms with Crippen LogP contribution in [0.15, 0.2) is 70.1 Å². The molecule has 0 saturated carbocycles. The number of fused-ring (bicyclic) bond motifs is 2. The van der Waals surface area contributed by atoms with Crippen molar-refractivity contribution in [1.82, 2.24) is 14.8 Å². The van der Waals surface area contributed by atoms with Crippen LogP contribution >= 0.6 is 0 Å². The van der Waals surface area contributed by atoms with Crippen LogP contribution in [-0.2, 0) is 14.8 Å². The van der Waals surface area contributed by atoms with Gasteiger partial charge in [0.05, 0.1) is 0 Å². The number of carbonyl (C=O) groups excluding carboxylic acids is 1. The quantitative estimate of drug-likeness (QED) is 0.635. The Morgan fingerprint density at radius 1 is 1.03 bits per heavy atom. The predicted molar refractivity (Wildman–Crippen MR) is 127 cm³/mol. The van der Waals surface area contributed by atoms with Crippen molar-refractivity contribution in [3.63, 3.8) is 0 Å². The molecule has 4 heterocycles. The number of aromatic nitrogens is 1. The number of nitrogens with one attached hydrogen (secondary N) is 1. The number of aromatic amines is 1. The Bertz CT molecular complexity index is 1440. The fourth-order valence-electron chi connectivity index (χ4n) is 5.23. The van der Waals surface area contributed by atoms with E-state index < -0.39 is 10.0 Å². The zero-order chi connectivity index (χ0) is 22.6. The van der Waals surface area contributed by atoms with Gasteiger partial charge in [-0.25, -0.2) is 0 Å². The van der Waals surface area contributed by atoms with Crippen LogP contribution in [0.25, 0.3) is 16.5 Å². The summed E-state index contributed by atoms with van der Waals surface area (Å²) >= 11 is 0. The van der Waals surface area contributed by atoms with Gasteiger partial charge in [-0.05, 0) is 43.0 Å². The minimum absolute atomic E-state index is 0.0474. The lowest BCUT2D eigenvalue weighted by Crippen LogP contribution is -2.48. The summed E-state index contributed by atoms with van der Waals surface area (Å²) in [5.41, 5.74) is 4.15. The maximum atomic E-state index is 13.5. The number of amidine groups is 1. The molecule has 0 bridgehead atoms. The monoisotopic (exact) mass is 460 g/mol. The molecule has 1 fully saturated rings. The van der Waals surface area contributed by atoms with Crippen LogP contribution in [0, 0.1) is 0 Å². The van der Waals surface area contributed by atoms with Crippen LogP contribution in [0.3, 0.4) is 0 Å². The van der Waals surface area contributed by atoms with Gasteiger partial charge >= 0.3 is 0 Å². The maximum absolute atomic E-state index is 13.5. The second kappa shape index (κ2) is 7.59. The number of benzene rings is 2. The number of para-hydroxylation sites is 1. The highest BCUT2D eigenvalue weighted by Crippen LogP contribution is 2.33. The molecule has 8 heteroatoms. The largest absolute Gasteiger partial charge is 0.361 e. The van der Waals surface area contributed by atoms with Crippen LogP contribution in [0.1, 0.15) is 30.4 Å². The molecule has 0 aliphatic carbocycles. The third-order valence-electron chi connectivity index (χ3n) is 6.88. The highest BCUT2D eigenvalue weighted by molar-refractivity contribution is 7.90. The maximum Gasteiger partial charge on any atom is 0.285 e. The van der Waals surface area contributed by atoms with Crippen LogP contribution in [0.5, 0.6) is 0 Å². The number of amides is 1. The first kappa shape index (κ1) is 20.2. The molecule has 2 aromatic carbocycles. The first-order chi connectivity index (χ1) is 16.0. The minimum Gasteiger partial charge on any atom is -0.361 e. The lowest BCUT2D eigenvalue weighted by atomic mass is 9.98. The van der Waals surface area contributed by atoms with E-state index in [1.807, 2.05) is 34.2 Å². The van der Waals surface area contributed by atoms with E-state index in [4.69, 9.17) is 0 Å². The highest BCUT2D eigenvalue weighted by Gasteiger charge is 2.40. The third kappa shape index (κ3) is 3.28. The van der Waals surface area contributed by atoms with Crippen molar-refractivity contribution in [2.45, 2.75) is 30.2 Å². The molecule has 33 heavy (non-hydrogen) atoms. The summed E-state index contributed by atoms with van der Waals surface area (Å²) < 4.78 is 29.1. The van der Waals surface area contributed by atoms with E-state index in [1.54, 1.807) is 18.2 Å². The lowest BCUT2D eigenvalue weighted by Gasteiger charge is -2.33. The number of likely N-dealkylation sites (tertiary alicyclic amines) is 1. The molecular weight excluding hydrogens is 436 g/mol. The van der Waals surface area contributed by atoms with Gasteiger partial charge in [-0.1, -0.05) is 36.4 Å². The zero-order valence-corrected chi connectivity index (χ0v) is 18.9. The molecular formula is C25H24N4O3S. The van der Waals surface area contributed by atoms with E-state index in [1.165, 1.54) is 16.5 Å². The Hall–Kier alpha value is -3.39. The highest BCUT2D eigenvalue weighted by atomic mass is 32.2. The van der Waals surface area contributed by atoms with Crippen molar-refractivity contribution in [1.29, 1.82) is 0 Å². The second-order valence-corrected chi connectivity index (χ2v) is 10.3. The van der Waals surface area contributed by atoms with Crippen molar-refractivity contribution >= 4 is 38.2 Å². The van der Waals surface area contributed by atoms with E-state index in [2.05, 4.69) is 27.6 Å². The van der Waals surface area contributed by atoms with E-state index >= 15 is 0 Å². The lowest BCUT2D eigenvalue weighted by molar-refractivity contribution is -0.134. The average Bonchev–Trinajstić information content (AvgIpc) is 3.55. The molecule has 168 valence electrons. The van der Waals surface area contributed by atoms with Crippen LogP contribution in [0.2, 0.25) is 0 Å². The topological polar surface area (TPSA) is 85.8 Å². The number of carbonyl (C=O) groups is 1. The Balaban J connectivity index is 1.23. The van der Waals surface area contributed by atoms with Crippen LogP contribution in [-0.4, -0.2) is 60.6 Å². The molecule has 0 radical (unpaired) electrons. The van der Waals surface area contributed by atoms with Crippen molar-refractivity contribution in [2.75, 3.05) is 19.6 Å². The van der Waals surface area contributed by atoms with E-state index in [9.17, 15) is 13.2 Å². The smallest absolute Gasteiger partial charge is 0.285 e. The summed E-state index contributed by atoms with van der Waals surface area (Å²) in [5.74, 6) is 0.458. The number of H-pyrrole nitrogens is 1. The second-order valence-electron chi connectivity index (χ2n) is 8.75. The summed E-state index contributed by atoms with van der Waals surface area (Å²) in [6, 6.07) is 14.7. The molecule has 1 aromatic heterocycles. The van der Waals surface area contributed by atoms with E-state index in [-0.39, 0.29) is 16.8 Å². The summed E-state index contributed by atoms with van der Waals surface area (Å²) in [6.07, 6.45) is 6.52. The Morgan fingerprint density at radius 3 is 2.70 bits per heavy atom. The molecule has 0 unspecified atom stereocenters. The van der Waals surface area contributed by atoms with Gasteiger partial charge < -0.3 is 14.8 Å². The molecule has 1 N–H and O–H groups in total. The molecule has 3 aromatic rings. The van der Waals surface area contributed by atoms with Crippen LogP contribution < -0.4 is 0 Å². The van der Waals surface area contributed by atoms with Crippen LogP contribution in [0.4, 0.5) is 0 Å². The van der Waals surface area contributed by atoms with Gasteiger partial charge in [0.2, 0.25) is 5.91 Å². The average molecular weight is 461 g/mol. The molecule has 1 atom stereocenters. The first-order valence-corrected chi connectivity index (χ1v) is 12.7. The molecule has 1 amide bonds. The number of sulfonamides is 1. The number of rotatable bonds is 2. The van der Waals surface area contributed by atoms with Gasteiger partial charge in [0.15, 0.2) is 5.84 Å². The van der Waals surface area contributed by atoms with Gasteiger partial charge in [0, 0.05) is 47.9 Å². The van der Waals surface area contributed by atoms with E-state index in [0.717, 1.165) is 18.4 Å². The fourth-order valence-corrected chi connectivity index (χ4v) is 6.45. The predicted octanol–water partition coefficient (Wildman–Crippen LogP) is 3.40. The Kier molecular flexibility index (Phi) is 4.65. The molecule has 0 spiro atoms. The van der Waals surface area contributed by atoms with Gasteiger partial charge in [-0.2, -0.15) is 8.42 Å².